The van der Waals surface area contributed by atoms with Crippen molar-refractivity contribution in [3.63, 3.8) is 0 Å². The molecule has 1 aliphatic rings. The van der Waals surface area contributed by atoms with Crippen LogP contribution in [0.4, 0.5) is 0 Å². The molecule has 0 aromatic rings. The van der Waals surface area contributed by atoms with E-state index in [1.54, 1.807) is 0 Å². The van der Waals surface area contributed by atoms with Crippen molar-refractivity contribution in [3.8, 4) is 0 Å². The van der Waals surface area contributed by atoms with Crippen molar-refractivity contribution < 1.29 is 50.0 Å². The maximum absolute atomic E-state index is 13.2. The Kier molecular flexibility index (Phi) is 49.0. The van der Waals surface area contributed by atoms with Gasteiger partial charge in [-0.15, -0.1) is 0 Å². The van der Waals surface area contributed by atoms with Gasteiger partial charge in [0.05, 0.1) is 25.4 Å². The van der Waals surface area contributed by atoms with Crippen LogP contribution in [0.1, 0.15) is 296 Å². The molecule has 73 heavy (non-hydrogen) atoms. The van der Waals surface area contributed by atoms with Gasteiger partial charge in [-0.3, -0.25) is 4.79 Å². The van der Waals surface area contributed by atoms with Crippen LogP contribution in [0.5, 0.6) is 0 Å². The molecule has 9 unspecified atom stereocenters. The Labute approximate surface area is 448 Å². The van der Waals surface area contributed by atoms with Gasteiger partial charge in [-0.1, -0.05) is 256 Å². The van der Waals surface area contributed by atoms with E-state index in [1.165, 1.54) is 199 Å². The molecule has 0 aromatic heterocycles. The number of hydrogen-bond acceptors (Lipinski definition) is 10. The number of aliphatic hydroxyl groups is 7. The predicted molar refractivity (Wildman–Crippen MR) is 302 cm³/mol. The Bertz CT molecular complexity index is 1240. The van der Waals surface area contributed by atoms with Crippen molar-refractivity contribution in [3.05, 3.63) is 24.3 Å². The number of ether oxygens (including phenoxy) is 2. The minimum Gasteiger partial charge on any atom is -0.394 e. The van der Waals surface area contributed by atoms with Crippen molar-refractivity contribution >= 4 is 5.91 Å². The average Bonchev–Trinajstić information content (AvgIpc) is 3.39. The molecule has 11 nitrogen and oxygen atoms in total. The van der Waals surface area contributed by atoms with E-state index in [9.17, 15) is 40.5 Å². The van der Waals surface area contributed by atoms with Gasteiger partial charge in [-0.05, 0) is 64.2 Å². The minimum absolute atomic E-state index is 0.248. The maximum atomic E-state index is 13.2. The third-order valence-corrected chi connectivity index (χ3v) is 15.2. The number of carbonyl (C=O) groups excluding carboxylic acids is 1. The number of allylic oxidation sites excluding steroid dienone is 4. The molecule has 0 radical (unpaired) electrons. The smallest absolute Gasteiger partial charge is 0.249 e. The molecule has 1 aliphatic heterocycles. The van der Waals surface area contributed by atoms with Gasteiger partial charge in [0.15, 0.2) is 6.29 Å². The van der Waals surface area contributed by atoms with E-state index in [1.807, 2.05) is 0 Å². The van der Waals surface area contributed by atoms with E-state index < -0.39 is 74.2 Å². The molecule has 0 aromatic carbocycles. The molecule has 1 rings (SSSR count). The summed E-state index contributed by atoms with van der Waals surface area (Å²) in [6.45, 7) is 3.47. The Morgan fingerprint density at radius 2 is 0.808 bits per heavy atom. The summed E-state index contributed by atoms with van der Waals surface area (Å²) in [5.41, 5.74) is 0. The van der Waals surface area contributed by atoms with E-state index in [2.05, 4.69) is 43.5 Å². The second kappa shape index (κ2) is 51.4. The lowest BCUT2D eigenvalue weighted by atomic mass is 9.98. The molecule has 432 valence electrons. The van der Waals surface area contributed by atoms with Gasteiger partial charge < -0.3 is 50.5 Å². The second-order valence-corrected chi connectivity index (χ2v) is 22.1. The second-order valence-electron chi connectivity index (χ2n) is 22.1. The molecule has 9 atom stereocenters. The maximum Gasteiger partial charge on any atom is 0.249 e. The summed E-state index contributed by atoms with van der Waals surface area (Å²) in [5.74, 6) is -0.707. The molecule has 0 aliphatic carbocycles. The van der Waals surface area contributed by atoms with Gasteiger partial charge >= 0.3 is 0 Å². The molecule has 11 heteroatoms. The Hall–Kier alpha value is -1.41. The predicted octanol–water partition coefficient (Wildman–Crippen LogP) is 13.7. The number of amides is 1. The zero-order chi connectivity index (χ0) is 53.3. The van der Waals surface area contributed by atoms with Gasteiger partial charge in [0, 0.05) is 0 Å². The summed E-state index contributed by atoms with van der Waals surface area (Å²) in [4.78, 5) is 13.2. The van der Waals surface area contributed by atoms with Gasteiger partial charge in [0.1, 0.15) is 36.6 Å². The van der Waals surface area contributed by atoms with Crippen LogP contribution < -0.4 is 5.32 Å². The number of rotatable bonds is 54. The molecular weight excluding hydrogens is 919 g/mol. The SMILES string of the molecule is CCCCCCCCCC/C=C\CCCCCCCCC(O)C(=O)NC(COC1OC(CO)C(O)C(O)C1O)C(O)C(O)CCC/C=C/CCCCCCCCCCCCCCCCCCCCCCCCC. The van der Waals surface area contributed by atoms with Crippen molar-refractivity contribution in [2.75, 3.05) is 13.2 Å². The first-order valence-electron chi connectivity index (χ1n) is 31.2. The lowest BCUT2D eigenvalue weighted by Crippen LogP contribution is -2.60. The highest BCUT2D eigenvalue weighted by Crippen LogP contribution is 2.23. The van der Waals surface area contributed by atoms with Crippen molar-refractivity contribution in [1.82, 2.24) is 5.32 Å². The number of hydrogen-bond donors (Lipinski definition) is 8. The average molecular weight is 1040 g/mol. The number of nitrogens with one attached hydrogen (secondary N) is 1. The summed E-state index contributed by atoms with van der Waals surface area (Å²) in [6.07, 6.45) is 51.0. The summed E-state index contributed by atoms with van der Waals surface area (Å²) in [5, 5.41) is 76.2. The van der Waals surface area contributed by atoms with Gasteiger partial charge in [0.25, 0.3) is 0 Å². The molecule has 8 N–H and O–H groups in total. The topological polar surface area (TPSA) is 189 Å². The van der Waals surface area contributed by atoms with Crippen LogP contribution in [0.15, 0.2) is 24.3 Å². The fraction of sp³-hybridized carbons (Fsp3) is 0.919. The van der Waals surface area contributed by atoms with E-state index in [0.717, 1.165) is 57.8 Å². The fourth-order valence-electron chi connectivity index (χ4n) is 10.1. The summed E-state index contributed by atoms with van der Waals surface area (Å²) >= 11 is 0. The Balaban J connectivity index is 2.27. The number of unbranched alkanes of at least 4 members (excludes halogenated alkanes) is 38. The molecule has 1 amide bonds. The van der Waals surface area contributed by atoms with Crippen molar-refractivity contribution in [2.45, 2.75) is 351 Å². The van der Waals surface area contributed by atoms with Gasteiger partial charge in [-0.2, -0.15) is 0 Å². The first-order chi connectivity index (χ1) is 35.7. The quantitative estimate of drug-likeness (QED) is 0.0215. The van der Waals surface area contributed by atoms with E-state index in [-0.39, 0.29) is 12.8 Å². The number of aliphatic hydroxyl groups excluding tert-OH is 7. The van der Waals surface area contributed by atoms with Crippen LogP contribution in [0.2, 0.25) is 0 Å². The zero-order valence-corrected chi connectivity index (χ0v) is 47.4. The van der Waals surface area contributed by atoms with Gasteiger partial charge in [0.2, 0.25) is 5.91 Å². The molecular formula is C62H119NO10. The van der Waals surface area contributed by atoms with Crippen LogP contribution in [0.3, 0.4) is 0 Å². The van der Waals surface area contributed by atoms with Crippen LogP contribution in [0.25, 0.3) is 0 Å². The summed E-state index contributed by atoms with van der Waals surface area (Å²) in [6, 6.07) is -1.19. The lowest BCUT2D eigenvalue weighted by Gasteiger charge is -2.40. The Morgan fingerprint density at radius 1 is 0.466 bits per heavy atom. The molecule has 0 bridgehead atoms. The third-order valence-electron chi connectivity index (χ3n) is 15.2. The highest BCUT2D eigenvalue weighted by molar-refractivity contribution is 5.80. The highest BCUT2D eigenvalue weighted by Gasteiger charge is 2.44. The van der Waals surface area contributed by atoms with Crippen molar-refractivity contribution in [2.24, 2.45) is 0 Å². The van der Waals surface area contributed by atoms with Crippen LogP contribution in [-0.2, 0) is 14.3 Å². The number of carbonyl (C=O) groups is 1. The van der Waals surface area contributed by atoms with E-state index in [0.29, 0.717) is 12.8 Å². The first-order valence-corrected chi connectivity index (χ1v) is 31.2. The third kappa shape index (κ3) is 39.6. The molecule has 1 heterocycles. The first kappa shape index (κ1) is 69.6. The molecule has 0 saturated carbocycles. The molecule has 1 saturated heterocycles. The summed E-state index contributed by atoms with van der Waals surface area (Å²) in [7, 11) is 0. The van der Waals surface area contributed by atoms with Crippen LogP contribution in [0, 0.1) is 0 Å². The van der Waals surface area contributed by atoms with E-state index >= 15 is 0 Å². The van der Waals surface area contributed by atoms with Gasteiger partial charge in [-0.25, -0.2) is 0 Å². The monoisotopic (exact) mass is 1040 g/mol. The lowest BCUT2D eigenvalue weighted by molar-refractivity contribution is -0.303. The van der Waals surface area contributed by atoms with Crippen LogP contribution >= 0.6 is 0 Å². The standard InChI is InChI=1S/C62H119NO10/c1-3-5-7-9-11-13-15-17-19-21-23-24-25-26-27-28-29-30-31-32-34-35-37-39-41-43-45-47-49-54(65)57(67)53(52-72-62-60(70)59(69)58(68)56(51-64)73-62)63-61(71)55(66)50-48-46-44-42-40-38-36-33-22-20-18-16-14-12-10-8-6-4-2/h22,33,41,43,53-60,62,64-70H,3-21,23-32,34-40,42,44-52H2,1-2H3,(H,63,71)/b33-22-,43-41+. The normalized spacial score (nSPS) is 20.0. The summed E-state index contributed by atoms with van der Waals surface area (Å²) < 4.78 is 11.1. The van der Waals surface area contributed by atoms with Crippen molar-refractivity contribution in [1.29, 1.82) is 0 Å². The fourth-order valence-corrected chi connectivity index (χ4v) is 10.1. The highest BCUT2D eigenvalue weighted by atomic mass is 16.7. The minimum atomic E-state index is -1.67. The zero-order valence-electron chi connectivity index (χ0n) is 47.4. The van der Waals surface area contributed by atoms with Crippen LogP contribution in [-0.4, -0.2) is 110 Å². The molecule has 0 spiro atoms. The molecule has 1 fully saturated rings. The Morgan fingerprint density at radius 3 is 1.18 bits per heavy atom. The van der Waals surface area contributed by atoms with E-state index in [4.69, 9.17) is 9.47 Å². The largest absolute Gasteiger partial charge is 0.394 e.